The highest BCUT2D eigenvalue weighted by molar-refractivity contribution is 7.98. The lowest BCUT2D eigenvalue weighted by Gasteiger charge is -2.31. The normalized spacial score (nSPS) is 15.1. The van der Waals surface area contributed by atoms with Crippen LogP contribution in [0.1, 0.15) is 36.0 Å². The number of rotatable bonds is 7. The molecule has 1 fully saturated rings. The van der Waals surface area contributed by atoms with E-state index >= 15 is 0 Å². The molecule has 0 spiro atoms. The first-order chi connectivity index (χ1) is 16.7. The topological polar surface area (TPSA) is 96.6 Å². The van der Waals surface area contributed by atoms with Crippen LogP contribution >= 0.6 is 23.4 Å². The van der Waals surface area contributed by atoms with Gasteiger partial charge in [0.15, 0.2) is 0 Å². The summed E-state index contributed by atoms with van der Waals surface area (Å²) in [4.78, 5) is 20.2. The molecule has 0 bridgehead atoms. The highest BCUT2D eigenvalue weighted by atomic mass is 35.5. The summed E-state index contributed by atoms with van der Waals surface area (Å²) in [5, 5.41) is 4.47. The van der Waals surface area contributed by atoms with Crippen LogP contribution in [0.3, 0.4) is 0 Å². The molecule has 1 aliphatic heterocycles. The molecule has 1 saturated heterocycles. The Morgan fingerprint density at radius 2 is 1.97 bits per heavy atom. The number of sulfonamides is 1. The van der Waals surface area contributed by atoms with E-state index in [1.807, 2.05) is 11.2 Å². The first-order valence-corrected chi connectivity index (χ1v) is 14.3. The highest BCUT2D eigenvalue weighted by Gasteiger charge is 2.28. The zero-order valence-electron chi connectivity index (χ0n) is 19.8. The van der Waals surface area contributed by atoms with Gasteiger partial charge in [0.1, 0.15) is 0 Å². The van der Waals surface area contributed by atoms with E-state index in [-0.39, 0.29) is 23.2 Å². The van der Waals surface area contributed by atoms with Crippen LogP contribution in [0.25, 0.3) is 11.4 Å². The van der Waals surface area contributed by atoms with Crippen molar-refractivity contribution in [3.63, 3.8) is 0 Å². The van der Waals surface area contributed by atoms with E-state index in [1.54, 1.807) is 30.3 Å². The van der Waals surface area contributed by atoms with E-state index < -0.39 is 10.0 Å². The molecule has 0 aliphatic carbocycles. The second-order valence-electron chi connectivity index (χ2n) is 8.62. The molecule has 0 N–H and O–H groups in total. The van der Waals surface area contributed by atoms with Crippen LogP contribution < -0.4 is 0 Å². The number of thioether (sulfide) groups is 1. The smallest absolute Gasteiger partial charge is 0.255 e. The summed E-state index contributed by atoms with van der Waals surface area (Å²) in [6.07, 6.45) is 3.77. The summed E-state index contributed by atoms with van der Waals surface area (Å²) in [6.45, 7) is 3.42. The molecule has 11 heteroatoms. The molecular weight excluding hydrogens is 508 g/mol. The maximum atomic E-state index is 13.3. The number of piperidine rings is 1. The number of benzene rings is 2. The third-order valence-electron chi connectivity index (χ3n) is 6.09. The minimum Gasteiger partial charge on any atom is -0.339 e. The molecule has 1 aromatic heterocycles. The number of halogens is 1. The van der Waals surface area contributed by atoms with Gasteiger partial charge in [-0.05, 0) is 55.3 Å². The monoisotopic (exact) mass is 534 g/mol. The van der Waals surface area contributed by atoms with Gasteiger partial charge in [0, 0.05) is 35.6 Å². The van der Waals surface area contributed by atoms with Gasteiger partial charge in [-0.25, -0.2) is 8.42 Å². The average molecular weight is 535 g/mol. The molecule has 0 radical (unpaired) electrons. The lowest BCUT2D eigenvalue weighted by molar-refractivity contribution is 0.0693. The Balaban J connectivity index is 1.55. The van der Waals surface area contributed by atoms with Crippen molar-refractivity contribution in [1.29, 1.82) is 0 Å². The first-order valence-electron chi connectivity index (χ1n) is 11.2. The van der Waals surface area contributed by atoms with E-state index in [0.29, 0.717) is 41.0 Å². The fourth-order valence-electron chi connectivity index (χ4n) is 3.92. The number of amides is 1. The van der Waals surface area contributed by atoms with Crippen molar-refractivity contribution in [3.8, 4) is 11.4 Å². The maximum Gasteiger partial charge on any atom is 0.255 e. The van der Waals surface area contributed by atoms with Crippen molar-refractivity contribution in [1.82, 2.24) is 19.3 Å². The fraction of sp³-hybridized carbons (Fsp3) is 0.375. The van der Waals surface area contributed by atoms with Gasteiger partial charge in [0.2, 0.25) is 21.7 Å². The van der Waals surface area contributed by atoms with Crippen LogP contribution in [0.2, 0.25) is 5.02 Å². The Labute approximate surface area is 214 Å². The predicted molar refractivity (Wildman–Crippen MR) is 136 cm³/mol. The summed E-state index contributed by atoms with van der Waals surface area (Å²) in [5.74, 6) is 0.916. The summed E-state index contributed by atoms with van der Waals surface area (Å²) < 4.78 is 33.1. The van der Waals surface area contributed by atoms with Crippen LogP contribution in [0.4, 0.5) is 0 Å². The second-order valence-corrected chi connectivity index (χ2v) is 11.9. The number of nitrogens with zero attached hydrogens (tertiary/aromatic N) is 4. The van der Waals surface area contributed by atoms with E-state index in [2.05, 4.69) is 17.1 Å². The zero-order valence-corrected chi connectivity index (χ0v) is 22.2. The Morgan fingerprint density at radius 3 is 2.66 bits per heavy atom. The summed E-state index contributed by atoms with van der Waals surface area (Å²) in [7, 11) is -2.48. The van der Waals surface area contributed by atoms with Crippen LogP contribution in [0.15, 0.2) is 56.8 Å². The molecule has 2 heterocycles. The van der Waals surface area contributed by atoms with E-state index in [1.165, 1.54) is 30.9 Å². The predicted octanol–water partition coefficient (Wildman–Crippen LogP) is 4.80. The van der Waals surface area contributed by atoms with Crippen LogP contribution in [0, 0.1) is 5.92 Å². The summed E-state index contributed by atoms with van der Waals surface area (Å²) in [5.41, 5.74) is 1.07. The van der Waals surface area contributed by atoms with Crippen molar-refractivity contribution in [2.75, 3.05) is 26.4 Å². The van der Waals surface area contributed by atoms with Gasteiger partial charge in [-0.15, -0.1) is 11.8 Å². The van der Waals surface area contributed by atoms with Gasteiger partial charge in [-0.1, -0.05) is 35.8 Å². The Morgan fingerprint density at radius 1 is 1.23 bits per heavy atom. The number of carbonyl (C=O) groups excluding carboxylic acids is 1. The van der Waals surface area contributed by atoms with Gasteiger partial charge >= 0.3 is 0 Å². The second kappa shape index (κ2) is 10.7. The van der Waals surface area contributed by atoms with Crippen molar-refractivity contribution in [2.45, 2.75) is 36.1 Å². The fourth-order valence-corrected chi connectivity index (χ4v) is 5.82. The van der Waals surface area contributed by atoms with Crippen molar-refractivity contribution < 1.29 is 17.7 Å². The van der Waals surface area contributed by atoms with Gasteiger partial charge < -0.3 is 9.42 Å². The Bertz CT molecular complexity index is 1320. The Kier molecular flexibility index (Phi) is 7.85. The van der Waals surface area contributed by atoms with Crippen LogP contribution in [0.5, 0.6) is 0 Å². The minimum atomic E-state index is -3.92. The van der Waals surface area contributed by atoms with Crippen molar-refractivity contribution in [2.24, 2.45) is 5.92 Å². The quantitative estimate of drug-likeness (QED) is 0.401. The molecule has 0 saturated carbocycles. The first kappa shape index (κ1) is 25.7. The molecule has 8 nitrogen and oxygen atoms in total. The molecule has 2 aromatic carbocycles. The zero-order chi connectivity index (χ0) is 25.2. The van der Waals surface area contributed by atoms with E-state index in [0.717, 1.165) is 22.0 Å². The number of likely N-dealkylation sites (tertiary alicyclic amines) is 1. The van der Waals surface area contributed by atoms with Gasteiger partial charge in [-0.2, -0.15) is 9.29 Å². The molecule has 0 atom stereocenters. The summed E-state index contributed by atoms with van der Waals surface area (Å²) in [6, 6.07) is 11.7. The van der Waals surface area contributed by atoms with Crippen LogP contribution in [-0.4, -0.2) is 60.1 Å². The molecule has 186 valence electrons. The lowest BCUT2D eigenvalue weighted by atomic mass is 9.98. The van der Waals surface area contributed by atoms with Crippen LogP contribution in [-0.2, 0) is 16.6 Å². The van der Waals surface area contributed by atoms with E-state index in [4.69, 9.17) is 16.1 Å². The van der Waals surface area contributed by atoms with Crippen molar-refractivity contribution >= 4 is 39.3 Å². The third-order valence-corrected chi connectivity index (χ3v) is 8.92. The van der Waals surface area contributed by atoms with Gasteiger partial charge in [0.25, 0.3) is 5.91 Å². The molecule has 0 unspecified atom stereocenters. The van der Waals surface area contributed by atoms with Gasteiger partial charge in [-0.3, -0.25) is 4.79 Å². The molecule has 4 rings (SSSR count). The SMILES string of the molecule is CSc1ccc(S(=O)(=O)N(C)Cc2nc(-c3cccc(Cl)c3)no2)cc1C(=O)N1CCC(C)CC1. The molecule has 3 aromatic rings. The molecule has 1 aliphatic rings. The number of aromatic nitrogens is 2. The molecule has 1 amide bonds. The maximum absolute atomic E-state index is 13.3. The minimum absolute atomic E-state index is 0.0427. The highest BCUT2D eigenvalue weighted by Crippen LogP contribution is 2.28. The number of carbonyl (C=O) groups is 1. The number of hydrogen-bond donors (Lipinski definition) is 0. The lowest BCUT2D eigenvalue weighted by Crippen LogP contribution is -2.38. The molecular formula is C24H27ClN4O4S2. The largest absolute Gasteiger partial charge is 0.339 e. The Hall–Kier alpha value is -2.40. The standard InChI is InChI=1S/C24H27ClN4O4S2/c1-16-9-11-29(12-10-16)24(30)20-14-19(7-8-21(20)34-3)35(31,32)28(2)15-22-26-23(27-33-22)17-5-4-6-18(25)13-17/h4-8,13-14,16H,9-12,15H2,1-3H3. The van der Waals surface area contributed by atoms with Crippen molar-refractivity contribution in [3.05, 3.63) is 58.9 Å². The number of hydrogen-bond acceptors (Lipinski definition) is 7. The average Bonchev–Trinajstić information content (AvgIpc) is 3.32. The van der Waals surface area contributed by atoms with E-state index in [9.17, 15) is 13.2 Å². The molecule has 35 heavy (non-hydrogen) atoms. The summed E-state index contributed by atoms with van der Waals surface area (Å²) >= 11 is 7.45. The third kappa shape index (κ3) is 5.72. The van der Waals surface area contributed by atoms with Gasteiger partial charge in [0.05, 0.1) is 17.0 Å².